The normalized spacial score (nSPS) is 13.1. The van der Waals surface area contributed by atoms with Crippen LogP contribution >= 0.6 is 15.9 Å². The molecule has 1 N–H and O–H groups in total. The SMILES string of the molecule is Brc1cccc(-c2nc3cc4c(cc3[nH]2)OCO4)c1. The smallest absolute Gasteiger partial charge is 0.231 e. The molecule has 1 aliphatic rings. The molecule has 5 heteroatoms. The Morgan fingerprint density at radius 1 is 1.11 bits per heavy atom. The number of nitrogens with zero attached hydrogens (tertiary/aromatic N) is 1. The summed E-state index contributed by atoms with van der Waals surface area (Å²) in [6.07, 6.45) is 0. The first-order valence-electron chi connectivity index (χ1n) is 5.85. The third kappa shape index (κ3) is 1.77. The number of imidazole rings is 1. The molecule has 0 bridgehead atoms. The quantitative estimate of drug-likeness (QED) is 0.744. The minimum Gasteiger partial charge on any atom is -0.454 e. The second-order valence-corrected chi connectivity index (χ2v) is 5.23. The first-order valence-corrected chi connectivity index (χ1v) is 6.64. The van der Waals surface area contributed by atoms with Gasteiger partial charge < -0.3 is 14.5 Å². The zero-order valence-electron chi connectivity index (χ0n) is 9.81. The van der Waals surface area contributed by atoms with E-state index in [4.69, 9.17) is 9.47 Å². The minimum atomic E-state index is 0.278. The first-order chi connectivity index (χ1) is 9.29. The van der Waals surface area contributed by atoms with Crippen LogP contribution in [0.5, 0.6) is 11.5 Å². The Morgan fingerprint density at radius 2 is 1.95 bits per heavy atom. The van der Waals surface area contributed by atoms with Gasteiger partial charge in [-0.25, -0.2) is 4.98 Å². The zero-order chi connectivity index (χ0) is 12.8. The molecule has 0 saturated carbocycles. The van der Waals surface area contributed by atoms with Crippen molar-refractivity contribution >= 4 is 27.0 Å². The molecule has 4 nitrogen and oxygen atoms in total. The van der Waals surface area contributed by atoms with Gasteiger partial charge in [-0.2, -0.15) is 0 Å². The van der Waals surface area contributed by atoms with Crippen molar-refractivity contribution in [2.75, 3.05) is 6.79 Å². The predicted molar refractivity (Wildman–Crippen MR) is 75.4 cm³/mol. The monoisotopic (exact) mass is 316 g/mol. The Bertz CT molecular complexity index is 741. The van der Waals surface area contributed by atoms with Crippen molar-refractivity contribution in [2.24, 2.45) is 0 Å². The van der Waals surface area contributed by atoms with Crippen LogP contribution in [0.4, 0.5) is 0 Å². The number of hydrogen-bond donors (Lipinski definition) is 1. The average molecular weight is 317 g/mol. The highest BCUT2D eigenvalue weighted by atomic mass is 79.9. The number of ether oxygens (including phenoxy) is 2. The van der Waals surface area contributed by atoms with Crippen molar-refractivity contribution in [1.29, 1.82) is 0 Å². The van der Waals surface area contributed by atoms with Crippen LogP contribution in [0.1, 0.15) is 0 Å². The van der Waals surface area contributed by atoms with E-state index in [9.17, 15) is 0 Å². The van der Waals surface area contributed by atoms with Gasteiger partial charge in [0.2, 0.25) is 6.79 Å². The molecule has 2 aromatic carbocycles. The van der Waals surface area contributed by atoms with Crippen LogP contribution in [0.15, 0.2) is 40.9 Å². The van der Waals surface area contributed by atoms with Crippen LogP contribution in [-0.2, 0) is 0 Å². The second-order valence-electron chi connectivity index (χ2n) is 4.32. The lowest BCUT2D eigenvalue weighted by atomic mass is 10.2. The Labute approximate surface area is 117 Å². The summed E-state index contributed by atoms with van der Waals surface area (Å²) in [4.78, 5) is 7.89. The van der Waals surface area contributed by atoms with Crippen LogP contribution < -0.4 is 9.47 Å². The van der Waals surface area contributed by atoms with Gasteiger partial charge in [-0.1, -0.05) is 28.1 Å². The minimum absolute atomic E-state index is 0.278. The first kappa shape index (κ1) is 10.9. The van der Waals surface area contributed by atoms with Crippen molar-refractivity contribution in [3.63, 3.8) is 0 Å². The highest BCUT2D eigenvalue weighted by Gasteiger charge is 2.16. The molecule has 19 heavy (non-hydrogen) atoms. The molecular weight excluding hydrogens is 308 g/mol. The lowest BCUT2D eigenvalue weighted by molar-refractivity contribution is 0.174. The number of hydrogen-bond acceptors (Lipinski definition) is 3. The van der Waals surface area contributed by atoms with E-state index in [1.807, 2.05) is 36.4 Å². The standard InChI is InChI=1S/C14H9BrN2O2/c15-9-3-1-2-8(4-9)14-16-10-5-12-13(19-7-18-12)6-11(10)17-14/h1-6H,7H2,(H,16,17). The van der Waals surface area contributed by atoms with Gasteiger partial charge in [0.05, 0.1) is 11.0 Å². The van der Waals surface area contributed by atoms with Crippen LogP contribution in [0.25, 0.3) is 22.4 Å². The molecule has 0 fully saturated rings. The van der Waals surface area contributed by atoms with E-state index in [-0.39, 0.29) is 6.79 Å². The molecule has 0 radical (unpaired) electrons. The summed E-state index contributed by atoms with van der Waals surface area (Å²) in [7, 11) is 0. The van der Waals surface area contributed by atoms with E-state index in [1.165, 1.54) is 0 Å². The summed E-state index contributed by atoms with van der Waals surface area (Å²) in [6, 6.07) is 11.8. The molecular formula is C14H9BrN2O2. The van der Waals surface area contributed by atoms with Gasteiger partial charge >= 0.3 is 0 Å². The highest BCUT2D eigenvalue weighted by molar-refractivity contribution is 9.10. The molecule has 0 unspecified atom stereocenters. The number of halogens is 1. The zero-order valence-corrected chi connectivity index (χ0v) is 11.4. The van der Waals surface area contributed by atoms with E-state index >= 15 is 0 Å². The number of nitrogens with one attached hydrogen (secondary N) is 1. The summed E-state index contributed by atoms with van der Waals surface area (Å²) in [6.45, 7) is 0.278. The highest BCUT2D eigenvalue weighted by Crippen LogP contribution is 2.36. The Balaban J connectivity index is 1.88. The second kappa shape index (κ2) is 3.99. The Kier molecular flexibility index (Phi) is 2.29. The van der Waals surface area contributed by atoms with Crippen molar-refractivity contribution in [3.8, 4) is 22.9 Å². The molecule has 0 saturated heterocycles. The summed E-state index contributed by atoms with van der Waals surface area (Å²) in [5.74, 6) is 2.34. The fourth-order valence-electron chi connectivity index (χ4n) is 2.17. The summed E-state index contributed by atoms with van der Waals surface area (Å²) < 4.78 is 11.7. The predicted octanol–water partition coefficient (Wildman–Crippen LogP) is 3.72. The number of H-pyrrole nitrogens is 1. The third-order valence-electron chi connectivity index (χ3n) is 3.07. The van der Waals surface area contributed by atoms with E-state index < -0.39 is 0 Å². The van der Waals surface area contributed by atoms with Gasteiger partial charge in [-0.3, -0.25) is 0 Å². The van der Waals surface area contributed by atoms with Crippen LogP contribution in [0, 0.1) is 0 Å². The van der Waals surface area contributed by atoms with E-state index in [0.29, 0.717) is 0 Å². The molecule has 0 amide bonds. The lowest BCUT2D eigenvalue weighted by Gasteiger charge is -1.96. The van der Waals surface area contributed by atoms with Gasteiger partial charge in [0.1, 0.15) is 5.82 Å². The van der Waals surface area contributed by atoms with Gasteiger partial charge in [0.25, 0.3) is 0 Å². The molecule has 94 valence electrons. The third-order valence-corrected chi connectivity index (χ3v) is 3.57. The number of aromatic amines is 1. The topological polar surface area (TPSA) is 47.1 Å². The maximum Gasteiger partial charge on any atom is 0.231 e. The fraction of sp³-hybridized carbons (Fsp3) is 0.0714. The van der Waals surface area contributed by atoms with E-state index in [0.717, 1.165) is 38.4 Å². The Hall–Kier alpha value is -2.01. The van der Waals surface area contributed by atoms with Crippen molar-refractivity contribution in [1.82, 2.24) is 9.97 Å². The summed E-state index contributed by atoms with van der Waals surface area (Å²) in [5.41, 5.74) is 2.85. The van der Waals surface area contributed by atoms with Crippen LogP contribution in [0.2, 0.25) is 0 Å². The van der Waals surface area contributed by atoms with Gasteiger partial charge in [-0.15, -0.1) is 0 Å². The number of aromatic nitrogens is 2. The molecule has 1 aliphatic heterocycles. The lowest BCUT2D eigenvalue weighted by Crippen LogP contribution is -1.92. The molecule has 0 spiro atoms. The summed E-state index contributed by atoms with van der Waals surface area (Å²) >= 11 is 3.47. The number of rotatable bonds is 1. The number of benzene rings is 2. The molecule has 0 aliphatic carbocycles. The van der Waals surface area contributed by atoms with Gasteiger partial charge in [-0.05, 0) is 12.1 Å². The molecule has 1 aromatic heterocycles. The van der Waals surface area contributed by atoms with Crippen molar-refractivity contribution in [3.05, 3.63) is 40.9 Å². The fourth-order valence-corrected chi connectivity index (χ4v) is 2.57. The largest absolute Gasteiger partial charge is 0.454 e. The maximum absolute atomic E-state index is 5.36. The van der Waals surface area contributed by atoms with Crippen molar-refractivity contribution < 1.29 is 9.47 Å². The molecule has 0 atom stereocenters. The summed E-state index contributed by atoms with van der Waals surface area (Å²) in [5, 5.41) is 0. The van der Waals surface area contributed by atoms with Gasteiger partial charge in [0, 0.05) is 22.2 Å². The van der Waals surface area contributed by atoms with E-state index in [1.54, 1.807) is 0 Å². The van der Waals surface area contributed by atoms with E-state index in [2.05, 4.69) is 25.9 Å². The Morgan fingerprint density at radius 3 is 2.79 bits per heavy atom. The molecule has 2 heterocycles. The molecule has 4 rings (SSSR count). The van der Waals surface area contributed by atoms with Crippen LogP contribution in [0.3, 0.4) is 0 Å². The van der Waals surface area contributed by atoms with Crippen LogP contribution in [-0.4, -0.2) is 16.8 Å². The maximum atomic E-state index is 5.36. The molecule has 3 aromatic rings. The number of fused-ring (bicyclic) bond motifs is 2. The average Bonchev–Trinajstić information content (AvgIpc) is 3.00. The van der Waals surface area contributed by atoms with Gasteiger partial charge in [0.15, 0.2) is 11.5 Å². The van der Waals surface area contributed by atoms with Crippen molar-refractivity contribution in [2.45, 2.75) is 0 Å².